The number of carbonyl (C=O) groups excluding carboxylic acids is 1. The molecule has 20 heavy (non-hydrogen) atoms. The smallest absolute Gasteiger partial charge is 0.319 e. The van der Waals surface area contributed by atoms with E-state index in [1.807, 2.05) is 0 Å². The number of nitrogens with zero attached hydrogens (tertiary/aromatic N) is 1. The van der Waals surface area contributed by atoms with E-state index in [1.54, 1.807) is 0 Å². The van der Waals surface area contributed by atoms with Crippen molar-refractivity contribution < 1.29 is 9.53 Å². The molecular formula is C16H24N2O2. The summed E-state index contributed by atoms with van der Waals surface area (Å²) in [6.45, 7) is 4.55. The Morgan fingerprint density at radius 2 is 2.00 bits per heavy atom. The zero-order valence-electron chi connectivity index (χ0n) is 12.2. The zero-order valence-corrected chi connectivity index (χ0v) is 12.2. The predicted molar refractivity (Wildman–Crippen MR) is 79.3 cm³/mol. The minimum absolute atomic E-state index is 0.188. The maximum absolute atomic E-state index is 11.0. The van der Waals surface area contributed by atoms with Crippen molar-refractivity contribution >= 4 is 5.97 Å². The van der Waals surface area contributed by atoms with Gasteiger partial charge in [-0.3, -0.25) is 9.69 Å². The number of esters is 1. The lowest BCUT2D eigenvalue weighted by Gasteiger charge is -2.32. The molecule has 0 saturated carbocycles. The first kappa shape index (κ1) is 15.0. The second-order valence-corrected chi connectivity index (χ2v) is 5.41. The fraction of sp³-hybridized carbons (Fsp3) is 0.562. The van der Waals surface area contributed by atoms with Crippen molar-refractivity contribution in [2.45, 2.75) is 19.4 Å². The Bertz CT molecular complexity index is 400. The van der Waals surface area contributed by atoms with Gasteiger partial charge in [0, 0.05) is 6.54 Å². The summed E-state index contributed by atoms with van der Waals surface area (Å²) in [4.78, 5) is 13.5. The Labute approximate surface area is 121 Å². The van der Waals surface area contributed by atoms with Gasteiger partial charge in [0.25, 0.3) is 0 Å². The van der Waals surface area contributed by atoms with Crippen LogP contribution in [-0.4, -0.2) is 44.2 Å². The summed E-state index contributed by atoms with van der Waals surface area (Å²) in [7, 11) is 1.42. The molecule has 0 aliphatic carbocycles. The van der Waals surface area contributed by atoms with Crippen molar-refractivity contribution in [2.24, 2.45) is 5.92 Å². The molecule has 0 aromatic heterocycles. The highest BCUT2D eigenvalue weighted by atomic mass is 16.5. The number of hydrogen-bond donors (Lipinski definition) is 1. The summed E-state index contributed by atoms with van der Waals surface area (Å²) in [6, 6.07) is 10.6. The molecule has 0 atom stereocenters. The summed E-state index contributed by atoms with van der Waals surface area (Å²) < 4.78 is 4.61. The van der Waals surface area contributed by atoms with E-state index >= 15 is 0 Å². The monoisotopic (exact) mass is 276 g/mol. The van der Waals surface area contributed by atoms with Crippen molar-refractivity contribution in [1.29, 1.82) is 0 Å². The number of piperidine rings is 1. The van der Waals surface area contributed by atoms with Gasteiger partial charge in [0.1, 0.15) is 0 Å². The third-order valence-electron chi connectivity index (χ3n) is 3.89. The van der Waals surface area contributed by atoms with Crippen LogP contribution in [0.25, 0.3) is 0 Å². The fourth-order valence-electron chi connectivity index (χ4n) is 2.64. The molecule has 0 unspecified atom stereocenters. The number of methoxy groups -OCH3 is 1. The van der Waals surface area contributed by atoms with Gasteiger partial charge in [-0.25, -0.2) is 0 Å². The minimum Gasteiger partial charge on any atom is -0.468 e. The van der Waals surface area contributed by atoms with Crippen molar-refractivity contribution in [3.63, 3.8) is 0 Å². The summed E-state index contributed by atoms with van der Waals surface area (Å²) >= 11 is 0. The van der Waals surface area contributed by atoms with Gasteiger partial charge in [0.05, 0.1) is 13.7 Å². The fourth-order valence-corrected chi connectivity index (χ4v) is 2.64. The molecule has 1 aromatic carbocycles. The first-order valence-corrected chi connectivity index (χ1v) is 7.31. The first-order valence-electron chi connectivity index (χ1n) is 7.31. The second kappa shape index (κ2) is 8.02. The van der Waals surface area contributed by atoms with Crippen LogP contribution in [-0.2, 0) is 16.1 Å². The van der Waals surface area contributed by atoms with E-state index in [0.717, 1.165) is 26.2 Å². The van der Waals surface area contributed by atoms with Gasteiger partial charge in [0.15, 0.2) is 0 Å². The molecule has 1 aliphatic rings. The number of rotatable bonds is 6. The van der Waals surface area contributed by atoms with Crippen molar-refractivity contribution in [2.75, 3.05) is 33.3 Å². The number of carbonyl (C=O) groups is 1. The van der Waals surface area contributed by atoms with Gasteiger partial charge >= 0.3 is 5.97 Å². The molecule has 1 aromatic rings. The highest BCUT2D eigenvalue weighted by molar-refractivity contribution is 5.71. The Morgan fingerprint density at radius 1 is 1.30 bits per heavy atom. The van der Waals surface area contributed by atoms with Gasteiger partial charge in [-0.05, 0) is 44.0 Å². The molecule has 0 radical (unpaired) electrons. The van der Waals surface area contributed by atoms with Crippen LogP contribution in [0.4, 0.5) is 0 Å². The largest absolute Gasteiger partial charge is 0.468 e. The number of nitrogens with one attached hydrogen (secondary N) is 1. The lowest BCUT2D eigenvalue weighted by Crippen LogP contribution is -2.38. The third-order valence-corrected chi connectivity index (χ3v) is 3.89. The van der Waals surface area contributed by atoms with Gasteiger partial charge in [-0.1, -0.05) is 30.3 Å². The minimum atomic E-state index is -0.188. The quantitative estimate of drug-likeness (QED) is 0.802. The summed E-state index contributed by atoms with van der Waals surface area (Å²) in [5.41, 5.74) is 1.38. The van der Waals surface area contributed by atoms with Crippen LogP contribution in [0, 0.1) is 5.92 Å². The highest BCUT2D eigenvalue weighted by Gasteiger charge is 2.19. The maximum Gasteiger partial charge on any atom is 0.319 e. The maximum atomic E-state index is 11.0. The van der Waals surface area contributed by atoms with E-state index in [0.29, 0.717) is 12.5 Å². The molecule has 1 N–H and O–H groups in total. The van der Waals surface area contributed by atoms with Crippen molar-refractivity contribution in [1.82, 2.24) is 10.2 Å². The Hall–Kier alpha value is -1.39. The SMILES string of the molecule is COC(=O)CNCC1CCN(Cc2ccccc2)CC1. The highest BCUT2D eigenvalue weighted by Crippen LogP contribution is 2.18. The number of benzene rings is 1. The molecule has 1 aliphatic heterocycles. The zero-order chi connectivity index (χ0) is 14.2. The van der Waals surface area contributed by atoms with Crippen molar-refractivity contribution in [3.05, 3.63) is 35.9 Å². The lowest BCUT2D eigenvalue weighted by molar-refractivity contribution is -0.139. The number of ether oxygens (including phenoxy) is 1. The molecule has 0 bridgehead atoms. The topological polar surface area (TPSA) is 41.6 Å². The summed E-state index contributed by atoms with van der Waals surface area (Å²) in [6.07, 6.45) is 2.39. The number of hydrogen-bond acceptors (Lipinski definition) is 4. The van der Waals surface area contributed by atoms with Crippen LogP contribution in [0.2, 0.25) is 0 Å². The standard InChI is InChI=1S/C16H24N2O2/c1-20-16(19)12-17-11-14-7-9-18(10-8-14)13-15-5-3-2-4-6-15/h2-6,14,17H,7-13H2,1H3. The van der Waals surface area contributed by atoms with Crippen LogP contribution in [0.3, 0.4) is 0 Å². The molecule has 0 spiro atoms. The molecule has 0 amide bonds. The Kier molecular flexibility index (Phi) is 6.02. The van der Waals surface area contributed by atoms with E-state index < -0.39 is 0 Å². The van der Waals surface area contributed by atoms with E-state index in [4.69, 9.17) is 0 Å². The Morgan fingerprint density at radius 3 is 2.65 bits per heavy atom. The van der Waals surface area contributed by atoms with Crippen LogP contribution < -0.4 is 5.32 Å². The molecule has 110 valence electrons. The van der Waals surface area contributed by atoms with Crippen LogP contribution in [0.1, 0.15) is 18.4 Å². The molecule has 1 fully saturated rings. The third kappa shape index (κ3) is 4.94. The molecule has 1 heterocycles. The summed E-state index contributed by atoms with van der Waals surface area (Å²) in [5.74, 6) is 0.484. The van der Waals surface area contributed by atoms with Crippen LogP contribution in [0.5, 0.6) is 0 Å². The van der Waals surface area contributed by atoms with E-state index in [9.17, 15) is 4.79 Å². The van der Waals surface area contributed by atoms with Gasteiger partial charge in [0.2, 0.25) is 0 Å². The van der Waals surface area contributed by atoms with Gasteiger partial charge in [-0.2, -0.15) is 0 Å². The second-order valence-electron chi connectivity index (χ2n) is 5.41. The molecule has 1 saturated heterocycles. The summed E-state index contributed by atoms with van der Waals surface area (Å²) in [5, 5.41) is 3.18. The molecule has 2 rings (SSSR count). The normalized spacial score (nSPS) is 17.1. The predicted octanol–water partition coefficient (Wildman–Crippen LogP) is 1.66. The van der Waals surface area contributed by atoms with E-state index in [-0.39, 0.29) is 5.97 Å². The van der Waals surface area contributed by atoms with E-state index in [2.05, 4.69) is 45.3 Å². The lowest BCUT2D eigenvalue weighted by atomic mass is 9.96. The first-order chi connectivity index (χ1) is 9.78. The number of likely N-dealkylation sites (tertiary alicyclic amines) is 1. The van der Waals surface area contributed by atoms with Gasteiger partial charge < -0.3 is 10.1 Å². The van der Waals surface area contributed by atoms with Crippen molar-refractivity contribution in [3.8, 4) is 0 Å². The molecule has 4 heteroatoms. The average Bonchev–Trinajstić information content (AvgIpc) is 2.50. The average molecular weight is 276 g/mol. The Balaban J connectivity index is 1.64. The van der Waals surface area contributed by atoms with Crippen LogP contribution in [0.15, 0.2) is 30.3 Å². The van der Waals surface area contributed by atoms with Gasteiger partial charge in [-0.15, -0.1) is 0 Å². The molecule has 4 nitrogen and oxygen atoms in total. The van der Waals surface area contributed by atoms with E-state index in [1.165, 1.54) is 25.5 Å². The molecular weight excluding hydrogens is 252 g/mol. The van der Waals surface area contributed by atoms with Crippen LogP contribution >= 0.6 is 0 Å².